The fraction of sp³-hybridized carbons (Fsp3) is 0.111. The summed E-state index contributed by atoms with van der Waals surface area (Å²) in [6.45, 7) is 0. The van der Waals surface area contributed by atoms with Gasteiger partial charge in [-0.2, -0.15) is 0 Å². The Kier molecular flexibility index (Phi) is 3.66. The van der Waals surface area contributed by atoms with Gasteiger partial charge in [-0.1, -0.05) is 0 Å². The van der Waals surface area contributed by atoms with Gasteiger partial charge >= 0.3 is 5.97 Å². The maximum absolute atomic E-state index is 11.2. The average molecular weight is 263 g/mol. The predicted octanol–water partition coefficient (Wildman–Crippen LogP) is 1.21. The van der Waals surface area contributed by atoms with Gasteiger partial charge in [-0.25, -0.2) is 13.2 Å². The molecule has 0 aromatic heterocycles. The fourth-order valence-corrected chi connectivity index (χ4v) is 1.88. The predicted molar refractivity (Wildman–Crippen MR) is 56.2 cm³/mol. The summed E-state index contributed by atoms with van der Waals surface area (Å²) < 4.78 is 26.5. The largest absolute Gasteiger partial charge is 0.465 e. The summed E-state index contributed by atoms with van der Waals surface area (Å²) in [5, 5.41) is 0. The van der Waals surface area contributed by atoms with Gasteiger partial charge in [0, 0.05) is 16.2 Å². The first-order valence-electron chi connectivity index (χ1n) is 4.01. The molecule has 1 aromatic carbocycles. The Balaban J connectivity index is 3.44. The molecule has 86 valence electrons. The molecule has 0 N–H and O–H groups in total. The van der Waals surface area contributed by atoms with Gasteiger partial charge in [0.2, 0.25) is 0 Å². The minimum atomic E-state index is -3.99. The lowest BCUT2D eigenvalue weighted by molar-refractivity contribution is 0.0600. The maximum Gasteiger partial charge on any atom is 0.337 e. The first kappa shape index (κ1) is 12.7. The Morgan fingerprint density at radius 3 is 2.44 bits per heavy atom. The van der Waals surface area contributed by atoms with Crippen LogP contribution in [0.2, 0.25) is 0 Å². The van der Waals surface area contributed by atoms with Gasteiger partial charge in [0.25, 0.3) is 9.05 Å². The van der Waals surface area contributed by atoms with E-state index in [0.29, 0.717) is 6.29 Å². The highest BCUT2D eigenvalue weighted by Crippen LogP contribution is 2.18. The molecule has 0 aliphatic carbocycles. The third-order valence-electron chi connectivity index (χ3n) is 1.77. The third-order valence-corrected chi connectivity index (χ3v) is 3.10. The van der Waals surface area contributed by atoms with Crippen molar-refractivity contribution < 1.29 is 22.7 Å². The normalized spacial score (nSPS) is 10.9. The molecule has 1 rings (SSSR count). The quantitative estimate of drug-likeness (QED) is 0.465. The molecule has 0 heterocycles. The molecule has 0 unspecified atom stereocenters. The molecule has 5 nitrogen and oxygen atoms in total. The van der Waals surface area contributed by atoms with Crippen LogP contribution in [0.4, 0.5) is 0 Å². The highest BCUT2D eigenvalue weighted by molar-refractivity contribution is 8.13. The van der Waals surface area contributed by atoms with E-state index in [0.717, 1.165) is 19.2 Å². The monoisotopic (exact) mass is 262 g/mol. The van der Waals surface area contributed by atoms with Crippen LogP contribution >= 0.6 is 10.7 Å². The zero-order chi connectivity index (χ0) is 12.3. The molecule has 0 radical (unpaired) electrons. The minimum absolute atomic E-state index is 0.0297. The molecular weight excluding hydrogens is 256 g/mol. The molecule has 0 amide bonds. The van der Waals surface area contributed by atoms with Crippen molar-refractivity contribution in [3.63, 3.8) is 0 Å². The van der Waals surface area contributed by atoms with Crippen LogP contribution in [0.25, 0.3) is 0 Å². The number of carbonyl (C=O) groups excluding carboxylic acids is 2. The second kappa shape index (κ2) is 4.63. The van der Waals surface area contributed by atoms with Crippen LogP contribution in [0.3, 0.4) is 0 Å². The number of ether oxygens (including phenoxy) is 1. The van der Waals surface area contributed by atoms with E-state index in [1.807, 2.05) is 0 Å². The summed E-state index contributed by atoms with van der Waals surface area (Å²) >= 11 is 0. The molecule has 16 heavy (non-hydrogen) atoms. The Bertz CT molecular complexity index is 535. The zero-order valence-corrected chi connectivity index (χ0v) is 9.71. The Morgan fingerprint density at radius 1 is 1.38 bits per heavy atom. The van der Waals surface area contributed by atoms with Gasteiger partial charge in [0.05, 0.1) is 17.6 Å². The third kappa shape index (κ3) is 2.80. The minimum Gasteiger partial charge on any atom is -0.465 e. The van der Waals surface area contributed by atoms with Gasteiger partial charge in [0.1, 0.15) is 6.29 Å². The number of methoxy groups -OCH3 is 1. The highest BCUT2D eigenvalue weighted by Gasteiger charge is 2.15. The second-order valence-corrected chi connectivity index (χ2v) is 5.40. The molecule has 0 aliphatic rings. The fourth-order valence-electron chi connectivity index (χ4n) is 1.07. The van der Waals surface area contributed by atoms with Crippen LogP contribution in [0.15, 0.2) is 23.1 Å². The number of aldehydes is 1. The molecule has 7 heteroatoms. The molecule has 0 fully saturated rings. The van der Waals surface area contributed by atoms with Crippen LogP contribution in [-0.2, 0) is 13.8 Å². The lowest BCUT2D eigenvalue weighted by Crippen LogP contribution is -2.04. The molecule has 0 bridgehead atoms. The van der Waals surface area contributed by atoms with E-state index in [1.165, 1.54) is 6.07 Å². The second-order valence-electron chi connectivity index (χ2n) is 2.84. The standard InChI is InChI=1S/C9H7ClO5S/c1-15-9(12)7-2-6(5-11)3-8(4-7)16(10,13)14/h2-5H,1H3. The van der Waals surface area contributed by atoms with Crippen molar-refractivity contribution in [3.8, 4) is 0 Å². The van der Waals surface area contributed by atoms with E-state index in [-0.39, 0.29) is 16.0 Å². The molecule has 0 spiro atoms. The average Bonchev–Trinajstić information content (AvgIpc) is 2.26. The summed E-state index contributed by atoms with van der Waals surface area (Å²) in [4.78, 5) is 21.4. The number of benzene rings is 1. The Hall–Kier alpha value is -1.40. The van der Waals surface area contributed by atoms with Gasteiger partial charge in [-0.15, -0.1) is 0 Å². The number of esters is 1. The molecule has 0 atom stereocenters. The van der Waals surface area contributed by atoms with Gasteiger partial charge < -0.3 is 4.74 Å². The van der Waals surface area contributed by atoms with Crippen LogP contribution < -0.4 is 0 Å². The number of carbonyl (C=O) groups is 2. The van der Waals surface area contributed by atoms with Crippen molar-refractivity contribution in [2.45, 2.75) is 4.90 Å². The van der Waals surface area contributed by atoms with E-state index < -0.39 is 15.0 Å². The van der Waals surface area contributed by atoms with Crippen molar-refractivity contribution in [2.24, 2.45) is 0 Å². The van der Waals surface area contributed by atoms with E-state index in [9.17, 15) is 18.0 Å². The highest BCUT2D eigenvalue weighted by atomic mass is 35.7. The van der Waals surface area contributed by atoms with Crippen LogP contribution in [0, 0.1) is 0 Å². The Morgan fingerprint density at radius 2 is 2.00 bits per heavy atom. The SMILES string of the molecule is COC(=O)c1cc(C=O)cc(S(=O)(=O)Cl)c1. The van der Waals surface area contributed by atoms with E-state index in [2.05, 4.69) is 4.74 Å². The van der Waals surface area contributed by atoms with Crippen LogP contribution in [-0.4, -0.2) is 27.8 Å². The topological polar surface area (TPSA) is 77.5 Å². The summed E-state index contributed by atoms with van der Waals surface area (Å²) in [5.74, 6) is -0.745. The summed E-state index contributed by atoms with van der Waals surface area (Å²) in [7, 11) is 2.26. The van der Waals surface area contributed by atoms with Crippen molar-refractivity contribution >= 4 is 32.0 Å². The number of hydrogen-bond donors (Lipinski definition) is 0. The first-order valence-corrected chi connectivity index (χ1v) is 6.32. The van der Waals surface area contributed by atoms with Crippen LogP contribution in [0.1, 0.15) is 20.7 Å². The number of hydrogen-bond acceptors (Lipinski definition) is 5. The number of halogens is 1. The smallest absolute Gasteiger partial charge is 0.337 e. The molecule has 1 aromatic rings. The van der Waals surface area contributed by atoms with Crippen molar-refractivity contribution in [1.29, 1.82) is 0 Å². The van der Waals surface area contributed by atoms with E-state index >= 15 is 0 Å². The van der Waals surface area contributed by atoms with Crippen molar-refractivity contribution in [3.05, 3.63) is 29.3 Å². The lowest BCUT2D eigenvalue weighted by atomic mass is 10.1. The number of rotatable bonds is 3. The molecule has 0 saturated heterocycles. The summed E-state index contributed by atoms with van der Waals surface area (Å²) in [5.41, 5.74) is -0.0200. The van der Waals surface area contributed by atoms with Crippen molar-refractivity contribution in [2.75, 3.05) is 7.11 Å². The molecule has 0 aliphatic heterocycles. The first-order chi connectivity index (χ1) is 7.38. The molecular formula is C9H7ClO5S. The van der Waals surface area contributed by atoms with Crippen molar-refractivity contribution in [1.82, 2.24) is 0 Å². The Labute approximate surface area is 96.4 Å². The van der Waals surface area contributed by atoms with E-state index in [4.69, 9.17) is 10.7 Å². The van der Waals surface area contributed by atoms with Gasteiger partial charge in [0.15, 0.2) is 0 Å². The zero-order valence-electron chi connectivity index (χ0n) is 8.14. The van der Waals surface area contributed by atoms with Gasteiger partial charge in [-0.3, -0.25) is 4.79 Å². The summed E-state index contributed by atoms with van der Waals surface area (Å²) in [6, 6.07) is 3.33. The summed E-state index contributed by atoms with van der Waals surface area (Å²) in [6.07, 6.45) is 0.415. The maximum atomic E-state index is 11.2. The molecule has 0 saturated carbocycles. The van der Waals surface area contributed by atoms with Gasteiger partial charge in [-0.05, 0) is 18.2 Å². The lowest BCUT2D eigenvalue weighted by Gasteiger charge is -2.03. The van der Waals surface area contributed by atoms with Crippen LogP contribution in [0.5, 0.6) is 0 Å². The van der Waals surface area contributed by atoms with E-state index in [1.54, 1.807) is 0 Å².